The van der Waals surface area contributed by atoms with Crippen molar-refractivity contribution in [1.82, 2.24) is 8.69 Å². The Balaban J connectivity index is 1.98. The van der Waals surface area contributed by atoms with Crippen molar-refractivity contribution in [3.05, 3.63) is 34.8 Å². The van der Waals surface area contributed by atoms with E-state index in [9.17, 15) is 21.6 Å². The summed E-state index contributed by atoms with van der Waals surface area (Å²) in [5, 5.41) is 4.08. The number of anilines is 1. The summed E-state index contributed by atoms with van der Waals surface area (Å²) < 4.78 is 50.6. The molecule has 0 unspecified atom stereocenters. The normalized spacial score (nSPS) is 17.8. The first-order chi connectivity index (χ1) is 12.1. The van der Waals surface area contributed by atoms with Crippen LogP contribution in [0.1, 0.15) is 29.2 Å². The highest BCUT2D eigenvalue weighted by Gasteiger charge is 2.47. The lowest BCUT2D eigenvalue weighted by Crippen LogP contribution is -2.35. The molecule has 9 nitrogen and oxygen atoms in total. The summed E-state index contributed by atoms with van der Waals surface area (Å²) in [4.78, 5) is 15.4. The summed E-state index contributed by atoms with van der Waals surface area (Å²) in [6.45, 7) is 4.31. The van der Waals surface area contributed by atoms with E-state index < -0.39 is 20.0 Å². The van der Waals surface area contributed by atoms with E-state index in [2.05, 4.69) is 15.5 Å². The third kappa shape index (κ3) is 2.79. The van der Waals surface area contributed by atoms with Crippen LogP contribution >= 0.6 is 11.3 Å². The molecule has 1 aliphatic heterocycles. The van der Waals surface area contributed by atoms with Crippen LogP contribution < -0.4 is 5.43 Å². The molecular formula is C14H14N4O5S3. The van der Waals surface area contributed by atoms with Crippen molar-refractivity contribution < 1.29 is 21.6 Å². The number of ketones is 1. The maximum Gasteiger partial charge on any atom is 0.280 e. The van der Waals surface area contributed by atoms with Gasteiger partial charge in [-0.2, -0.15) is 21.9 Å². The Morgan fingerprint density at radius 2 is 1.65 bits per heavy atom. The van der Waals surface area contributed by atoms with E-state index in [0.717, 1.165) is 11.3 Å². The zero-order valence-electron chi connectivity index (χ0n) is 13.9. The van der Waals surface area contributed by atoms with Gasteiger partial charge in [-0.05, 0) is 26.0 Å². The number of nitrogens with one attached hydrogen (secondary N) is 1. The van der Waals surface area contributed by atoms with Gasteiger partial charge < -0.3 is 0 Å². The maximum absolute atomic E-state index is 12.6. The number of benzene rings is 1. The Hall–Kier alpha value is -2.31. The van der Waals surface area contributed by atoms with Gasteiger partial charge in [0.25, 0.3) is 20.0 Å². The number of Topliss-reactive ketones (excluding diaryl/α,β-unsaturated/α-hetero) is 1. The van der Waals surface area contributed by atoms with Gasteiger partial charge in [0.2, 0.25) is 5.13 Å². The molecule has 2 aromatic rings. The van der Waals surface area contributed by atoms with Crippen LogP contribution in [0.3, 0.4) is 0 Å². The molecular weight excluding hydrogens is 400 g/mol. The van der Waals surface area contributed by atoms with E-state index in [4.69, 9.17) is 0 Å². The number of hydrogen-bond acceptors (Lipinski definition) is 9. The van der Waals surface area contributed by atoms with Crippen molar-refractivity contribution in [2.45, 2.75) is 30.6 Å². The van der Waals surface area contributed by atoms with Gasteiger partial charge in [0.1, 0.15) is 9.79 Å². The number of carbonyl (C=O) groups is 1. The number of nitrogens with zero attached hydrogens (tertiary/aromatic N) is 3. The average Bonchev–Trinajstić information content (AvgIpc) is 3.00. The van der Waals surface area contributed by atoms with Crippen LogP contribution in [0.5, 0.6) is 0 Å². The lowest BCUT2D eigenvalue weighted by molar-refractivity contribution is 0.102. The van der Waals surface area contributed by atoms with Crippen LogP contribution in [0.25, 0.3) is 0 Å². The molecule has 1 aliphatic rings. The second-order valence-electron chi connectivity index (χ2n) is 5.41. The second kappa shape index (κ2) is 6.14. The first-order valence-corrected chi connectivity index (χ1v) is 10.9. The fraction of sp³-hybridized carbons (Fsp3) is 0.214. The minimum Gasteiger partial charge on any atom is -0.294 e. The van der Waals surface area contributed by atoms with Crippen molar-refractivity contribution in [3.63, 3.8) is 0 Å². The molecule has 1 N–H and O–H groups in total. The zero-order valence-corrected chi connectivity index (χ0v) is 16.4. The molecule has 0 fully saturated rings. The predicted molar refractivity (Wildman–Crippen MR) is 96.2 cm³/mol. The van der Waals surface area contributed by atoms with Crippen LogP contribution in [0.2, 0.25) is 0 Å². The molecule has 0 radical (unpaired) electrons. The SMILES string of the molecule is CC(=O)c1sc(N/N=C(/C)N2S(=O)(=O)c3ccccc3S2(=O)=O)nc1C. The van der Waals surface area contributed by atoms with Gasteiger partial charge in [-0.3, -0.25) is 10.2 Å². The summed E-state index contributed by atoms with van der Waals surface area (Å²) in [6, 6.07) is 5.35. The number of thiazole rings is 1. The van der Waals surface area contributed by atoms with Crippen molar-refractivity contribution >= 4 is 48.1 Å². The Bertz CT molecular complexity index is 1100. The van der Waals surface area contributed by atoms with E-state index in [-0.39, 0.29) is 30.3 Å². The molecule has 1 aromatic carbocycles. The van der Waals surface area contributed by atoms with E-state index in [1.165, 1.54) is 38.1 Å². The molecule has 3 rings (SSSR count). The highest BCUT2D eigenvalue weighted by Crippen LogP contribution is 2.36. The second-order valence-corrected chi connectivity index (χ2v) is 10.2. The van der Waals surface area contributed by atoms with Crippen molar-refractivity contribution in [3.8, 4) is 0 Å². The number of amidine groups is 1. The summed E-state index contributed by atoms with van der Waals surface area (Å²) in [6.07, 6.45) is 0. The van der Waals surface area contributed by atoms with Gasteiger partial charge in [0.15, 0.2) is 11.6 Å². The molecule has 0 saturated carbocycles. The molecule has 0 aliphatic carbocycles. The number of rotatable bonds is 3. The largest absolute Gasteiger partial charge is 0.294 e. The molecule has 0 saturated heterocycles. The number of aryl methyl sites for hydroxylation is 1. The minimum atomic E-state index is -4.27. The quantitative estimate of drug-likeness (QED) is 0.351. The molecule has 0 atom stereocenters. The number of carbonyl (C=O) groups excluding carboxylic acids is 1. The van der Waals surface area contributed by atoms with Crippen LogP contribution in [-0.2, 0) is 20.0 Å². The number of fused-ring (bicyclic) bond motifs is 1. The molecule has 0 spiro atoms. The van der Waals surface area contributed by atoms with Crippen LogP contribution in [0.4, 0.5) is 5.13 Å². The van der Waals surface area contributed by atoms with Gasteiger partial charge in [0.05, 0.1) is 10.6 Å². The first kappa shape index (κ1) is 18.5. The Kier molecular flexibility index (Phi) is 4.37. The first-order valence-electron chi connectivity index (χ1n) is 7.25. The fourth-order valence-corrected chi connectivity index (χ4v) is 7.70. The van der Waals surface area contributed by atoms with Gasteiger partial charge >= 0.3 is 0 Å². The predicted octanol–water partition coefficient (Wildman–Crippen LogP) is 1.79. The molecule has 2 heterocycles. The summed E-state index contributed by atoms with van der Waals surface area (Å²) in [7, 11) is -8.54. The molecule has 0 amide bonds. The standard InChI is InChI=1S/C14H14N4O5S3/c1-8-13(9(2)19)24-14(15-8)17-16-10(3)18-25(20,21)11-6-4-5-7-12(11)26(18,22)23/h4-7H,1-3H3,(H,15,17)/b16-10-. The number of aromatic nitrogens is 1. The van der Waals surface area contributed by atoms with Gasteiger partial charge in [-0.25, -0.2) is 4.98 Å². The monoisotopic (exact) mass is 414 g/mol. The molecule has 12 heteroatoms. The highest BCUT2D eigenvalue weighted by atomic mass is 32.3. The van der Waals surface area contributed by atoms with Crippen LogP contribution in [0.15, 0.2) is 39.2 Å². The topological polar surface area (TPSA) is 126 Å². The smallest absolute Gasteiger partial charge is 0.280 e. The molecule has 1 aromatic heterocycles. The zero-order chi connectivity index (χ0) is 19.3. The van der Waals surface area contributed by atoms with E-state index in [0.29, 0.717) is 10.6 Å². The third-order valence-corrected chi connectivity index (χ3v) is 9.23. The minimum absolute atomic E-state index is 0.158. The number of sulfonamides is 2. The van der Waals surface area contributed by atoms with E-state index in [1.54, 1.807) is 6.92 Å². The summed E-state index contributed by atoms with van der Waals surface area (Å²) in [5.74, 6) is -0.452. The Morgan fingerprint density at radius 3 is 2.12 bits per heavy atom. The fourth-order valence-electron chi connectivity index (χ4n) is 2.47. The van der Waals surface area contributed by atoms with Gasteiger partial charge in [-0.15, -0.1) is 3.71 Å². The Labute approximate surface area is 154 Å². The lowest BCUT2D eigenvalue weighted by Gasteiger charge is -2.14. The Morgan fingerprint density at radius 1 is 1.12 bits per heavy atom. The lowest BCUT2D eigenvalue weighted by atomic mass is 10.3. The molecule has 138 valence electrons. The summed E-state index contributed by atoms with van der Waals surface area (Å²) >= 11 is 1.04. The number of hydrogen-bond donors (Lipinski definition) is 1. The van der Waals surface area contributed by atoms with Gasteiger partial charge in [0, 0.05) is 6.92 Å². The summed E-state index contributed by atoms with van der Waals surface area (Å²) in [5.41, 5.74) is 3.02. The van der Waals surface area contributed by atoms with E-state index in [1.807, 2.05) is 0 Å². The molecule has 26 heavy (non-hydrogen) atoms. The maximum atomic E-state index is 12.6. The van der Waals surface area contributed by atoms with Gasteiger partial charge in [-0.1, -0.05) is 23.5 Å². The number of hydrazone groups is 1. The van der Waals surface area contributed by atoms with Crippen molar-refractivity contribution in [2.75, 3.05) is 5.43 Å². The highest BCUT2D eigenvalue weighted by molar-refractivity contribution is 8.07. The molecule has 0 bridgehead atoms. The average molecular weight is 414 g/mol. The third-order valence-electron chi connectivity index (χ3n) is 3.54. The van der Waals surface area contributed by atoms with Crippen molar-refractivity contribution in [2.24, 2.45) is 5.10 Å². The van der Waals surface area contributed by atoms with Crippen LogP contribution in [0, 0.1) is 6.92 Å². The van der Waals surface area contributed by atoms with Crippen LogP contribution in [-0.4, -0.2) is 37.1 Å². The van der Waals surface area contributed by atoms with Crippen molar-refractivity contribution in [1.29, 1.82) is 0 Å². The van der Waals surface area contributed by atoms with E-state index >= 15 is 0 Å².